The predicted molar refractivity (Wildman–Crippen MR) is 81.8 cm³/mol. The van der Waals surface area contributed by atoms with E-state index < -0.39 is 12.0 Å². The summed E-state index contributed by atoms with van der Waals surface area (Å²) in [6, 6.07) is 4.52. The van der Waals surface area contributed by atoms with E-state index in [4.69, 9.17) is 28.3 Å². The Balaban J connectivity index is 1.97. The first kappa shape index (κ1) is 16.1. The third-order valence-corrected chi connectivity index (χ3v) is 4.43. The van der Waals surface area contributed by atoms with Crippen molar-refractivity contribution in [1.29, 1.82) is 0 Å². The maximum Gasteiger partial charge on any atom is 0.326 e. The van der Waals surface area contributed by atoms with Crippen molar-refractivity contribution in [2.75, 3.05) is 0 Å². The van der Waals surface area contributed by atoms with Crippen LogP contribution in [0.1, 0.15) is 37.7 Å². The maximum absolute atomic E-state index is 12.1. The number of carboxylic acid groups (broad SMARTS) is 1. The third kappa shape index (κ3) is 3.89. The van der Waals surface area contributed by atoms with Gasteiger partial charge >= 0.3 is 5.97 Å². The Morgan fingerprint density at radius 2 is 2.10 bits per heavy atom. The molecule has 0 saturated heterocycles. The molecule has 2 N–H and O–H groups in total. The minimum absolute atomic E-state index is 0.0934. The fourth-order valence-corrected chi connectivity index (χ4v) is 2.73. The Morgan fingerprint density at radius 1 is 1.38 bits per heavy atom. The summed E-state index contributed by atoms with van der Waals surface area (Å²) in [5.41, 5.74) is 0.965. The van der Waals surface area contributed by atoms with Crippen molar-refractivity contribution in [3.63, 3.8) is 0 Å². The highest BCUT2D eigenvalue weighted by Gasteiger charge is 2.44. The van der Waals surface area contributed by atoms with Gasteiger partial charge < -0.3 is 10.4 Å². The van der Waals surface area contributed by atoms with E-state index in [1.165, 1.54) is 0 Å². The molecule has 0 spiro atoms. The van der Waals surface area contributed by atoms with Crippen LogP contribution in [0.15, 0.2) is 18.2 Å². The molecule has 1 aliphatic carbocycles. The fourth-order valence-electron chi connectivity index (χ4n) is 2.42. The Labute approximate surface area is 133 Å². The van der Waals surface area contributed by atoms with E-state index in [1.54, 1.807) is 12.1 Å². The number of hydrogen-bond acceptors (Lipinski definition) is 2. The molecule has 2 rings (SSSR count). The Hall–Kier alpha value is -1.26. The molecule has 3 atom stereocenters. The zero-order valence-corrected chi connectivity index (χ0v) is 13.1. The number of nitrogens with one attached hydrogen (secondary N) is 1. The summed E-state index contributed by atoms with van der Waals surface area (Å²) in [5, 5.41) is 12.6. The van der Waals surface area contributed by atoms with Crippen LogP contribution < -0.4 is 5.32 Å². The van der Waals surface area contributed by atoms with Crippen LogP contribution >= 0.6 is 23.2 Å². The summed E-state index contributed by atoms with van der Waals surface area (Å²) in [7, 11) is 0. The molecule has 1 aromatic rings. The van der Waals surface area contributed by atoms with E-state index in [9.17, 15) is 9.59 Å². The van der Waals surface area contributed by atoms with Gasteiger partial charge in [-0.1, -0.05) is 42.6 Å². The second kappa shape index (κ2) is 6.67. The van der Waals surface area contributed by atoms with Crippen molar-refractivity contribution in [2.24, 2.45) is 5.92 Å². The molecular formula is C15H17Cl2NO3. The van der Waals surface area contributed by atoms with Crippen LogP contribution in [-0.4, -0.2) is 23.0 Å². The number of halogens is 2. The number of carbonyl (C=O) groups excluding carboxylic acids is 1. The quantitative estimate of drug-likeness (QED) is 0.839. The summed E-state index contributed by atoms with van der Waals surface area (Å²) < 4.78 is 0. The Bertz CT molecular complexity index is 562. The number of hydrogen-bond donors (Lipinski definition) is 2. The fraction of sp³-hybridized carbons (Fsp3) is 0.467. The number of aliphatic carboxylic acids is 1. The molecule has 114 valence electrons. The molecule has 0 radical (unpaired) electrons. The monoisotopic (exact) mass is 329 g/mol. The standard InChI is InChI=1S/C15H17Cl2NO3/c1-2-3-13(15(20)21)18-14(19)10-7-9(10)8-4-5-11(16)12(17)6-8/h4-6,9-10,13H,2-3,7H2,1H3,(H,18,19)(H,20,21). The van der Waals surface area contributed by atoms with E-state index in [0.717, 1.165) is 5.56 Å². The molecule has 6 heteroatoms. The molecule has 0 heterocycles. The lowest BCUT2D eigenvalue weighted by atomic mass is 10.1. The van der Waals surface area contributed by atoms with Gasteiger partial charge in [0.15, 0.2) is 0 Å². The highest BCUT2D eigenvalue weighted by molar-refractivity contribution is 6.42. The van der Waals surface area contributed by atoms with Crippen LogP contribution in [0.2, 0.25) is 10.0 Å². The molecule has 1 aromatic carbocycles. The second-order valence-electron chi connectivity index (χ2n) is 5.31. The van der Waals surface area contributed by atoms with Gasteiger partial charge in [-0.05, 0) is 36.5 Å². The zero-order chi connectivity index (χ0) is 15.6. The van der Waals surface area contributed by atoms with Crippen molar-refractivity contribution in [3.05, 3.63) is 33.8 Å². The molecular weight excluding hydrogens is 313 g/mol. The average Bonchev–Trinajstić information content (AvgIpc) is 3.21. The van der Waals surface area contributed by atoms with Crippen molar-refractivity contribution < 1.29 is 14.7 Å². The van der Waals surface area contributed by atoms with Crippen LogP contribution in [0.5, 0.6) is 0 Å². The SMILES string of the molecule is CCCC(NC(=O)C1CC1c1ccc(Cl)c(Cl)c1)C(=O)O. The smallest absolute Gasteiger partial charge is 0.326 e. The number of rotatable bonds is 6. The van der Waals surface area contributed by atoms with Gasteiger partial charge in [-0.3, -0.25) is 4.79 Å². The topological polar surface area (TPSA) is 66.4 Å². The summed E-state index contributed by atoms with van der Waals surface area (Å²) >= 11 is 11.8. The minimum atomic E-state index is -0.989. The summed E-state index contributed by atoms with van der Waals surface area (Å²) in [4.78, 5) is 23.2. The second-order valence-corrected chi connectivity index (χ2v) is 6.12. The van der Waals surface area contributed by atoms with E-state index in [0.29, 0.717) is 29.3 Å². The van der Waals surface area contributed by atoms with Gasteiger partial charge in [0.1, 0.15) is 6.04 Å². The largest absolute Gasteiger partial charge is 0.480 e. The van der Waals surface area contributed by atoms with Crippen LogP contribution in [-0.2, 0) is 9.59 Å². The number of carbonyl (C=O) groups is 2. The summed E-state index contributed by atoms with van der Waals surface area (Å²) in [5.74, 6) is -1.28. The lowest BCUT2D eigenvalue weighted by Crippen LogP contribution is -2.41. The predicted octanol–water partition coefficient (Wildman–Crippen LogP) is 3.47. The number of amides is 1. The molecule has 3 unspecified atom stereocenters. The zero-order valence-electron chi connectivity index (χ0n) is 11.6. The molecule has 1 saturated carbocycles. The van der Waals surface area contributed by atoms with E-state index in [2.05, 4.69) is 5.32 Å². The third-order valence-electron chi connectivity index (χ3n) is 3.69. The Morgan fingerprint density at radius 3 is 2.67 bits per heavy atom. The molecule has 1 fully saturated rings. The average molecular weight is 330 g/mol. The highest BCUT2D eigenvalue weighted by atomic mass is 35.5. The van der Waals surface area contributed by atoms with Crippen molar-refractivity contribution in [1.82, 2.24) is 5.32 Å². The van der Waals surface area contributed by atoms with Crippen molar-refractivity contribution in [3.8, 4) is 0 Å². The molecule has 0 aromatic heterocycles. The number of carboxylic acids is 1. The van der Waals surface area contributed by atoms with Crippen LogP contribution in [0.3, 0.4) is 0 Å². The van der Waals surface area contributed by atoms with E-state index >= 15 is 0 Å². The lowest BCUT2D eigenvalue weighted by Gasteiger charge is -2.13. The molecule has 0 bridgehead atoms. The number of benzene rings is 1. The highest BCUT2D eigenvalue weighted by Crippen LogP contribution is 2.48. The first-order valence-electron chi connectivity index (χ1n) is 6.92. The first-order chi connectivity index (χ1) is 9.93. The van der Waals surface area contributed by atoms with Crippen LogP contribution in [0.25, 0.3) is 0 Å². The van der Waals surface area contributed by atoms with Crippen LogP contribution in [0, 0.1) is 5.92 Å². The minimum Gasteiger partial charge on any atom is -0.480 e. The normalized spacial score (nSPS) is 21.7. The van der Waals surface area contributed by atoms with Gasteiger partial charge in [-0.25, -0.2) is 4.79 Å². The van der Waals surface area contributed by atoms with Gasteiger partial charge in [-0.15, -0.1) is 0 Å². The molecule has 1 amide bonds. The van der Waals surface area contributed by atoms with E-state index in [-0.39, 0.29) is 17.7 Å². The Kier molecular flexibility index (Phi) is 5.12. The van der Waals surface area contributed by atoms with Gasteiger partial charge in [0.25, 0.3) is 0 Å². The van der Waals surface area contributed by atoms with Crippen molar-refractivity contribution >= 4 is 35.1 Å². The van der Waals surface area contributed by atoms with Crippen LogP contribution in [0.4, 0.5) is 0 Å². The van der Waals surface area contributed by atoms with Gasteiger partial charge in [0.2, 0.25) is 5.91 Å². The summed E-state index contributed by atoms with van der Waals surface area (Å²) in [6.07, 6.45) is 1.85. The van der Waals surface area contributed by atoms with Crippen molar-refractivity contribution in [2.45, 2.75) is 38.1 Å². The van der Waals surface area contributed by atoms with Gasteiger partial charge in [0.05, 0.1) is 10.0 Å². The van der Waals surface area contributed by atoms with Gasteiger partial charge in [0, 0.05) is 5.92 Å². The first-order valence-corrected chi connectivity index (χ1v) is 7.67. The summed E-state index contributed by atoms with van der Waals surface area (Å²) in [6.45, 7) is 1.89. The molecule has 4 nitrogen and oxygen atoms in total. The molecule has 1 aliphatic rings. The van der Waals surface area contributed by atoms with E-state index in [1.807, 2.05) is 13.0 Å². The van der Waals surface area contributed by atoms with Gasteiger partial charge in [-0.2, -0.15) is 0 Å². The maximum atomic E-state index is 12.1. The molecule has 21 heavy (non-hydrogen) atoms. The molecule has 0 aliphatic heterocycles. The lowest BCUT2D eigenvalue weighted by molar-refractivity contribution is -0.142.